The summed E-state index contributed by atoms with van der Waals surface area (Å²) in [6.45, 7) is 6.01. The van der Waals surface area contributed by atoms with Crippen LogP contribution in [0.3, 0.4) is 0 Å². The zero-order chi connectivity index (χ0) is 14.5. The number of hydrogen-bond donors (Lipinski definition) is 0. The van der Waals surface area contributed by atoms with Crippen LogP contribution in [0.15, 0.2) is 0 Å². The molecule has 110 valence electrons. The van der Waals surface area contributed by atoms with Crippen molar-refractivity contribution >= 4 is 33.2 Å². The van der Waals surface area contributed by atoms with Crippen LogP contribution in [0.1, 0.15) is 33.6 Å². The minimum absolute atomic E-state index is 0.0645. The van der Waals surface area contributed by atoms with Crippen LogP contribution < -0.4 is 0 Å². The smallest absolute Gasteiger partial charge is 0.237 e. The van der Waals surface area contributed by atoms with E-state index in [0.717, 1.165) is 17.3 Å². The molecule has 0 amide bonds. The van der Waals surface area contributed by atoms with Gasteiger partial charge >= 0.3 is 0 Å². The highest BCUT2D eigenvalue weighted by molar-refractivity contribution is 7.89. The van der Waals surface area contributed by atoms with Gasteiger partial charge in [0.15, 0.2) is 0 Å². The lowest BCUT2D eigenvalue weighted by Crippen LogP contribution is -2.60. The van der Waals surface area contributed by atoms with Crippen LogP contribution >= 0.6 is 23.2 Å². The van der Waals surface area contributed by atoms with Gasteiger partial charge in [-0.25, -0.2) is 8.42 Å². The van der Waals surface area contributed by atoms with E-state index in [9.17, 15) is 8.42 Å². The largest absolute Gasteiger partial charge is 0.287 e. The van der Waals surface area contributed by atoms with Crippen LogP contribution in [-0.2, 0) is 14.9 Å². The Balaban J connectivity index is 2.33. The number of rotatable bonds is 1. The molecular formula is C12H19Cl2NO3S. The zero-order valence-corrected chi connectivity index (χ0v) is 13.9. The SMILES string of the molecule is CON1C2(C)C(Cl)(Cl)C3CCC2(CS1(=O)=O)C3(C)C. The van der Waals surface area contributed by atoms with E-state index in [1.165, 1.54) is 7.11 Å². The van der Waals surface area contributed by atoms with Crippen LogP contribution in [0.4, 0.5) is 0 Å². The third kappa shape index (κ3) is 1.17. The molecule has 2 bridgehead atoms. The monoisotopic (exact) mass is 327 g/mol. The molecule has 3 unspecified atom stereocenters. The first-order valence-electron chi connectivity index (χ1n) is 6.44. The second kappa shape index (κ2) is 3.43. The lowest BCUT2D eigenvalue weighted by molar-refractivity contribution is -0.151. The number of halogens is 2. The molecular weight excluding hydrogens is 309 g/mol. The van der Waals surface area contributed by atoms with E-state index in [-0.39, 0.29) is 17.1 Å². The second-order valence-corrected chi connectivity index (χ2v) is 9.93. The summed E-state index contributed by atoms with van der Waals surface area (Å²) in [6.07, 6.45) is 1.68. The van der Waals surface area contributed by atoms with Crippen LogP contribution in [0, 0.1) is 16.7 Å². The predicted molar refractivity (Wildman–Crippen MR) is 74.4 cm³/mol. The quantitative estimate of drug-likeness (QED) is 0.695. The molecule has 3 fully saturated rings. The van der Waals surface area contributed by atoms with E-state index in [4.69, 9.17) is 28.0 Å². The van der Waals surface area contributed by atoms with Crippen LogP contribution in [0.5, 0.6) is 0 Å². The number of sulfonamides is 1. The molecule has 7 heteroatoms. The molecule has 1 aliphatic heterocycles. The third-order valence-corrected chi connectivity index (χ3v) is 9.34. The Kier molecular flexibility index (Phi) is 2.60. The van der Waals surface area contributed by atoms with Gasteiger partial charge in [-0.2, -0.15) is 0 Å². The molecule has 3 atom stereocenters. The summed E-state index contributed by atoms with van der Waals surface area (Å²) in [7, 11) is -2.13. The van der Waals surface area contributed by atoms with Crippen molar-refractivity contribution in [3.8, 4) is 0 Å². The maximum atomic E-state index is 12.5. The third-order valence-electron chi connectivity index (χ3n) is 6.20. The normalized spacial score (nSPS) is 49.5. The Hall–Kier alpha value is 0.450. The maximum absolute atomic E-state index is 12.5. The van der Waals surface area contributed by atoms with Gasteiger partial charge in [0.05, 0.1) is 12.9 Å². The number of hydroxylamine groups is 1. The minimum Gasteiger partial charge on any atom is -0.287 e. The molecule has 3 rings (SSSR count). The molecule has 19 heavy (non-hydrogen) atoms. The van der Waals surface area contributed by atoms with Gasteiger partial charge in [-0.05, 0) is 31.1 Å². The summed E-state index contributed by atoms with van der Waals surface area (Å²) < 4.78 is 24.8. The highest BCUT2D eigenvalue weighted by atomic mass is 35.5. The molecule has 4 nitrogen and oxygen atoms in total. The molecule has 1 saturated heterocycles. The fourth-order valence-electron chi connectivity index (χ4n) is 5.21. The molecule has 2 saturated carbocycles. The Labute approximate surface area is 124 Å². The van der Waals surface area contributed by atoms with Crippen LogP contribution in [0.25, 0.3) is 0 Å². The maximum Gasteiger partial charge on any atom is 0.237 e. The summed E-state index contributed by atoms with van der Waals surface area (Å²) in [4.78, 5) is 5.20. The number of hydrogen-bond acceptors (Lipinski definition) is 3. The molecule has 0 radical (unpaired) electrons. The van der Waals surface area contributed by atoms with E-state index in [1.807, 2.05) is 6.92 Å². The molecule has 1 heterocycles. The number of alkyl halides is 2. The summed E-state index contributed by atoms with van der Waals surface area (Å²) >= 11 is 13.3. The summed E-state index contributed by atoms with van der Waals surface area (Å²) in [6, 6.07) is 0. The summed E-state index contributed by atoms with van der Waals surface area (Å²) in [5, 5.41) is 0. The molecule has 0 aromatic rings. The number of fused-ring (bicyclic) bond motifs is 1. The molecule has 2 aliphatic carbocycles. The average molecular weight is 328 g/mol. The van der Waals surface area contributed by atoms with Gasteiger partial charge in [-0.15, -0.1) is 0 Å². The minimum atomic E-state index is -3.50. The fraction of sp³-hybridized carbons (Fsp3) is 1.00. The van der Waals surface area contributed by atoms with Crippen molar-refractivity contribution in [3.63, 3.8) is 0 Å². The topological polar surface area (TPSA) is 46.6 Å². The Morgan fingerprint density at radius 3 is 2.37 bits per heavy atom. The van der Waals surface area contributed by atoms with Crippen molar-refractivity contribution in [3.05, 3.63) is 0 Å². The number of nitrogens with zero attached hydrogens (tertiary/aromatic N) is 1. The van der Waals surface area contributed by atoms with Crippen molar-refractivity contribution in [1.82, 2.24) is 4.47 Å². The lowest BCUT2D eigenvalue weighted by atomic mass is 9.63. The van der Waals surface area contributed by atoms with Gasteiger partial charge in [0.25, 0.3) is 0 Å². The van der Waals surface area contributed by atoms with Gasteiger partial charge in [0, 0.05) is 5.41 Å². The zero-order valence-electron chi connectivity index (χ0n) is 11.5. The highest BCUT2D eigenvalue weighted by Crippen LogP contribution is 2.80. The first-order valence-corrected chi connectivity index (χ1v) is 8.80. The summed E-state index contributed by atoms with van der Waals surface area (Å²) in [5.74, 6) is 0.135. The molecule has 0 aromatic heterocycles. The molecule has 3 aliphatic rings. The molecule has 1 spiro atoms. The van der Waals surface area contributed by atoms with Gasteiger partial charge in [0.2, 0.25) is 10.0 Å². The standard InChI is InChI=1S/C12H19Cl2NO3S/c1-9(2)8-5-6-11(9)7-19(16,17)15(18-4)10(11,3)12(8,13)14/h8H,5-7H2,1-4H3. The Morgan fingerprint density at radius 1 is 1.26 bits per heavy atom. The van der Waals surface area contributed by atoms with E-state index >= 15 is 0 Å². The first kappa shape index (κ1) is 14.4. The molecule has 0 N–H and O–H groups in total. The Bertz CT molecular complexity index is 547. The lowest BCUT2D eigenvalue weighted by Gasteiger charge is -2.48. The van der Waals surface area contributed by atoms with Crippen molar-refractivity contribution in [2.75, 3.05) is 12.9 Å². The average Bonchev–Trinajstić information content (AvgIpc) is 2.63. The van der Waals surface area contributed by atoms with E-state index in [1.54, 1.807) is 0 Å². The van der Waals surface area contributed by atoms with Crippen molar-refractivity contribution in [2.24, 2.45) is 16.7 Å². The van der Waals surface area contributed by atoms with E-state index in [0.29, 0.717) is 0 Å². The van der Waals surface area contributed by atoms with Crippen molar-refractivity contribution < 1.29 is 13.3 Å². The van der Waals surface area contributed by atoms with Gasteiger partial charge in [-0.1, -0.05) is 41.5 Å². The Morgan fingerprint density at radius 2 is 1.84 bits per heavy atom. The van der Waals surface area contributed by atoms with Gasteiger partial charge in [0.1, 0.15) is 9.87 Å². The fourth-order valence-corrected chi connectivity index (χ4v) is 9.23. The van der Waals surface area contributed by atoms with Crippen molar-refractivity contribution in [1.29, 1.82) is 0 Å². The van der Waals surface area contributed by atoms with Crippen LogP contribution in [-0.4, -0.2) is 35.6 Å². The second-order valence-electron chi connectivity index (χ2n) is 6.76. The van der Waals surface area contributed by atoms with Gasteiger partial charge < -0.3 is 0 Å². The molecule has 0 aromatic carbocycles. The summed E-state index contributed by atoms with van der Waals surface area (Å²) in [5.41, 5.74) is -1.60. The van der Waals surface area contributed by atoms with Crippen LogP contribution in [0.2, 0.25) is 0 Å². The van der Waals surface area contributed by atoms with Gasteiger partial charge in [-0.3, -0.25) is 4.84 Å². The predicted octanol–water partition coefficient (Wildman–Crippen LogP) is 2.56. The van der Waals surface area contributed by atoms with Crippen molar-refractivity contribution in [2.45, 2.75) is 43.5 Å². The highest BCUT2D eigenvalue weighted by Gasteiger charge is 2.86. The first-order chi connectivity index (χ1) is 8.49. The van der Waals surface area contributed by atoms with E-state index < -0.39 is 25.3 Å². The van der Waals surface area contributed by atoms with E-state index in [2.05, 4.69) is 13.8 Å².